The summed E-state index contributed by atoms with van der Waals surface area (Å²) in [6, 6.07) is 52.8. The van der Waals surface area contributed by atoms with Crippen LogP contribution >= 0.6 is 0 Å². The third-order valence-electron chi connectivity index (χ3n) is 10.2. The Kier molecular flexibility index (Phi) is 5.16. The largest absolute Gasteiger partial charge is 0.456 e. The number of hydrogen-bond acceptors (Lipinski definition) is 1. The molecule has 0 aliphatic heterocycles. The van der Waals surface area contributed by atoms with E-state index in [4.69, 9.17) is 7.16 Å². The maximum Gasteiger partial charge on any atom is 0.135 e. The highest BCUT2D eigenvalue weighted by molar-refractivity contribution is 6.17. The summed E-state index contributed by atoms with van der Waals surface area (Å²) in [4.78, 5) is 0. The Morgan fingerprint density at radius 1 is 0.412 bits per heavy atom. The van der Waals surface area contributed by atoms with Crippen LogP contribution < -0.4 is 0 Å². The van der Waals surface area contributed by atoms with E-state index in [-0.39, 0.29) is 29.9 Å². The van der Waals surface area contributed by atoms with Gasteiger partial charge < -0.3 is 13.6 Å². The average Bonchev–Trinajstić information content (AvgIpc) is 3.88. The minimum absolute atomic E-state index is 0.0278. The highest BCUT2D eigenvalue weighted by Gasteiger charge is 2.19. The van der Waals surface area contributed by atoms with E-state index >= 15 is 0 Å². The fourth-order valence-electron chi connectivity index (χ4n) is 7.97. The summed E-state index contributed by atoms with van der Waals surface area (Å²) in [5.74, 6) is 0. The molecule has 0 bridgehead atoms. The van der Waals surface area contributed by atoms with Crippen molar-refractivity contribution in [2.75, 3.05) is 0 Å². The molecule has 238 valence electrons. The molecule has 0 atom stereocenters. The summed E-state index contributed by atoms with van der Waals surface area (Å²) in [6.07, 6.45) is 0. The van der Waals surface area contributed by atoms with Crippen molar-refractivity contribution in [3.05, 3.63) is 182 Å². The second kappa shape index (κ2) is 10.8. The first kappa shape index (κ1) is 24.3. The molecule has 0 fully saturated rings. The average molecular weight is 655 g/mol. The lowest BCUT2D eigenvalue weighted by atomic mass is 9.98. The van der Waals surface area contributed by atoms with E-state index in [1.165, 1.54) is 10.8 Å². The Hall–Kier alpha value is -6.84. The van der Waals surface area contributed by atoms with Gasteiger partial charge in [-0.15, -0.1) is 0 Å². The molecule has 0 spiro atoms. The SMILES string of the molecule is [2H]c1c([2H])c(-c2ccc3oc4ccccc4c3c2)c([2H])c(-n2c3ccccc3c3c(-c4ccc5c6ccccc6n(-c6ccccc6)c5c4)cccc32)c1[2H]. The van der Waals surface area contributed by atoms with Crippen LogP contribution in [0.25, 0.3) is 99.2 Å². The topological polar surface area (TPSA) is 23.0 Å². The highest BCUT2D eigenvalue weighted by atomic mass is 16.3. The summed E-state index contributed by atoms with van der Waals surface area (Å²) in [5, 5.41) is 6.15. The molecule has 0 N–H and O–H groups in total. The highest BCUT2D eigenvalue weighted by Crippen LogP contribution is 2.41. The number of benzene rings is 8. The standard InChI is InChI=1S/C48H30N2O/c1-2-13-34(14-3-1)49-42-20-7-4-16-37(42)38-26-24-33(30-45(38)49)36-19-11-22-44-48(36)40-18-5-8-21-43(40)50(44)35-15-10-12-31(28-35)32-25-27-47-41(29-32)39-17-6-9-23-46(39)51-47/h1-30H/i10D,12D,15D,28D. The van der Waals surface area contributed by atoms with Gasteiger partial charge in [-0.2, -0.15) is 0 Å². The fourth-order valence-corrected chi connectivity index (χ4v) is 7.97. The maximum atomic E-state index is 9.72. The summed E-state index contributed by atoms with van der Waals surface area (Å²) >= 11 is 0. The van der Waals surface area contributed by atoms with E-state index in [0.29, 0.717) is 16.7 Å². The van der Waals surface area contributed by atoms with Gasteiger partial charge in [-0.05, 0) is 88.9 Å². The quantitative estimate of drug-likeness (QED) is 0.185. The van der Waals surface area contributed by atoms with Gasteiger partial charge in [0.15, 0.2) is 0 Å². The van der Waals surface area contributed by atoms with Gasteiger partial charge in [0.25, 0.3) is 0 Å². The van der Waals surface area contributed by atoms with Crippen LogP contribution in [0.2, 0.25) is 0 Å². The first-order chi connectivity index (χ1) is 27.0. The molecule has 0 unspecified atom stereocenters. The van der Waals surface area contributed by atoms with Crippen molar-refractivity contribution in [2.24, 2.45) is 0 Å². The van der Waals surface area contributed by atoms with Crippen molar-refractivity contribution in [3.63, 3.8) is 0 Å². The van der Waals surface area contributed by atoms with Gasteiger partial charge in [0.2, 0.25) is 0 Å². The normalized spacial score (nSPS) is 13.0. The predicted octanol–water partition coefficient (Wildman–Crippen LogP) is 13.1. The zero-order chi connectivity index (χ0) is 36.9. The van der Waals surface area contributed by atoms with Crippen molar-refractivity contribution in [2.45, 2.75) is 0 Å². The Bertz CT molecular complexity index is 3370. The van der Waals surface area contributed by atoms with Crippen LogP contribution in [0.3, 0.4) is 0 Å². The van der Waals surface area contributed by atoms with E-state index in [0.717, 1.165) is 66.0 Å². The lowest BCUT2D eigenvalue weighted by Gasteiger charge is -2.12. The third-order valence-corrected chi connectivity index (χ3v) is 10.2. The molecule has 51 heavy (non-hydrogen) atoms. The lowest BCUT2D eigenvalue weighted by Crippen LogP contribution is -1.94. The molecule has 0 saturated heterocycles. The molecule has 3 heterocycles. The van der Waals surface area contributed by atoms with Crippen molar-refractivity contribution in [1.29, 1.82) is 0 Å². The zero-order valence-electron chi connectivity index (χ0n) is 31.3. The second-order valence-electron chi connectivity index (χ2n) is 13.0. The smallest absolute Gasteiger partial charge is 0.135 e. The van der Waals surface area contributed by atoms with Gasteiger partial charge in [0.1, 0.15) is 11.2 Å². The van der Waals surface area contributed by atoms with Gasteiger partial charge in [-0.1, -0.05) is 115 Å². The molecule has 3 aromatic heterocycles. The molecule has 0 aliphatic rings. The number of fused-ring (bicyclic) bond motifs is 9. The minimum atomic E-state index is -0.223. The van der Waals surface area contributed by atoms with Crippen LogP contribution in [-0.4, -0.2) is 9.13 Å². The summed E-state index contributed by atoms with van der Waals surface area (Å²) in [6.45, 7) is 0. The second-order valence-corrected chi connectivity index (χ2v) is 13.0. The number of hydrogen-bond donors (Lipinski definition) is 0. The van der Waals surface area contributed by atoms with Crippen LogP contribution in [0.5, 0.6) is 0 Å². The molecule has 0 saturated carbocycles. The summed E-state index contributed by atoms with van der Waals surface area (Å²) in [7, 11) is 0. The van der Waals surface area contributed by atoms with Crippen molar-refractivity contribution < 1.29 is 9.90 Å². The first-order valence-electron chi connectivity index (χ1n) is 19.1. The first-order valence-corrected chi connectivity index (χ1v) is 17.1. The van der Waals surface area contributed by atoms with Crippen molar-refractivity contribution in [1.82, 2.24) is 9.13 Å². The Morgan fingerprint density at radius 2 is 1.08 bits per heavy atom. The summed E-state index contributed by atoms with van der Waals surface area (Å²) < 4.78 is 47.5. The molecular weight excluding hydrogens is 621 g/mol. The zero-order valence-corrected chi connectivity index (χ0v) is 27.3. The van der Waals surface area contributed by atoms with Crippen LogP contribution in [0.4, 0.5) is 0 Å². The Balaban J connectivity index is 1.17. The fraction of sp³-hybridized carbons (Fsp3) is 0. The monoisotopic (exact) mass is 654 g/mol. The maximum absolute atomic E-state index is 9.72. The molecule has 11 aromatic rings. The number of furan rings is 1. The van der Waals surface area contributed by atoms with E-state index in [2.05, 4.69) is 83.4 Å². The third kappa shape index (κ3) is 4.19. The lowest BCUT2D eigenvalue weighted by molar-refractivity contribution is 0.669. The number of rotatable bonds is 4. The van der Waals surface area contributed by atoms with E-state index in [9.17, 15) is 2.74 Å². The van der Waals surface area contributed by atoms with Crippen LogP contribution in [0, 0.1) is 0 Å². The minimum Gasteiger partial charge on any atom is -0.456 e. The molecule has 0 radical (unpaired) electrons. The van der Waals surface area contributed by atoms with Crippen LogP contribution in [-0.2, 0) is 0 Å². The van der Waals surface area contributed by atoms with E-state index in [1.807, 2.05) is 83.4 Å². The van der Waals surface area contributed by atoms with E-state index in [1.54, 1.807) is 0 Å². The van der Waals surface area contributed by atoms with Crippen LogP contribution in [0.15, 0.2) is 186 Å². The van der Waals surface area contributed by atoms with Gasteiger partial charge in [-0.25, -0.2) is 0 Å². The number of para-hydroxylation sites is 4. The molecule has 3 nitrogen and oxygen atoms in total. The van der Waals surface area contributed by atoms with Gasteiger partial charge >= 0.3 is 0 Å². The molecule has 8 aromatic carbocycles. The molecule has 0 aliphatic carbocycles. The molecular formula is C48H30N2O. The number of nitrogens with zero attached hydrogens (tertiary/aromatic N) is 2. The molecule has 3 heteroatoms. The van der Waals surface area contributed by atoms with Crippen molar-refractivity contribution >= 4 is 65.6 Å². The van der Waals surface area contributed by atoms with Crippen molar-refractivity contribution in [3.8, 4) is 33.6 Å². The van der Waals surface area contributed by atoms with Gasteiger partial charge in [-0.3, -0.25) is 0 Å². The van der Waals surface area contributed by atoms with Crippen LogP contribution in [0.1, 0.15) is 5.48 Å². The molecule has 0 amide bonds. The number of aromatic nitrogens is 2. The predicted molar refractivity (Wildman–Crippen MR) is 213 cm³/mol. The van der Waals surface area contributed by atoms with Gasteiger partial charge in [0.05, 0.1) is 27.5 Å². The summed E-state index contributed by atoms with van der Waals surface area (Å²) in [5.41, 5.74) is 9.74. The Labute approximate surface area is 299 Å². The Morgan fingerprint density at radius 3 is 1.96 bits per heavy atom. The molecule has 11 rings (SSSR count). The van der Waals surface area contributed by atoms with E-state index < -0.39 is 0 Å². The van der Waals surface area contributed by atoms with Gasteiger partial charge in [0, 0.05) is 43.7 Å².